The Morgan fingerprint density at radius 1 is 1.29 bits per heavy atom. The number of nitrogens with two attached hydrogens (primary N) is 1. The molecule has 1 aromatic rings. The highest BCUT2D eigenvalue weighted by molar-refractivity contribution is 5.69. The summed E-state index contributed by atoms with van der Waals surface area (Å²) in [6.45, 7) is 8.31. The predicted molar refractivity (Wildman–Crippen MR) is 82.8 cm³/mol. The second-order valence-corrected chi connectivity index (χ2v) is 6.36. The van der Waals surface area contributed by atoms with Gasteiger partial charge in [0, 0.05) is 26.3 Å². The van der Waals surface area contributed by atoms with Crippen molar-refractivity contribution < 1.29 is 9.53 Å². The number of amides is 1. The van der Waals surface area contributed by atoms with Gasteiger partial charge in [-0.25, -0.2) is 4.79 Å². The molecule has 0 aliphatic carbocycles. The van der Waals surface area contributed by atoms with Gasteiger partial charge >= 0.3 is 6.09 Å². The van der Waals surface area contributed by atoms with Crippen molar-refractivity contribution in [1.82, 2.24) is 9.80 Å². The number of ether oxygens (including phenoxy) is 1. The van der Waals surface area contributed by atoms with Crippen molar-refractivity contribution in [2.75, 3.05) is 26.3 Å². The number of rotatable bonds is 2. The molecule has 2 rings (SSSR count). The maximum atomic E-state index is 12.4. The molecule has 1 aromatic carbocycles. The van der Waals surface area contributed by atoms with Crippen LogP contribution in [0.3, 0.4) is 0 Å². The van der Waals surface area contributed by atoms with Crippen LogP contribution >= 0.6 is 0 Å². The largest absolute Gasteiger partial charge is 0.444 e. The van der Waals surface area contributed by atoms with E-state index >= 15 is 0 Å². The van der Waals surface area contributed by atoms with Crippen LogP contribution in [-0.4, -0.2) is 47.8 Å². The second kappa shape index (κ2) is 6.45. The summed E-state index contributed by atoms with van der Waals surface area (Å²) in [5, 5.41) is 0. The summed E-state index contributed by atoms with van der Waals surface area (Å²) in [7, 11) is 0. The highest BCUT2D eigenvalue weighted by atomic mass is 16.6. The molecule has 0 radical (unpaired) electrons. The van der Waals surface area contributed by atoms with E-state index in [0.717, 1.165) is 18.7 Å². The monoisotopic (exact) mass is 291 g/mol. The van der Waals surface area contributed by atoms with Crippen LogP contribution < -0.4 is 5.73 Å². The molecule has 0 aromatic heterocycles. The quantitative estimate of drug-likeness (QED) is 0.907. The first-order chi connectivity index (χ1) is 9.90. The number of hydrogen-bond donors (Lipinski definition) is 1. The highest BCUT2D eigenvalue weighted by Gasteiger charge is 2.33. The summed E-state index contributed by atoms with van der Waals surface area (Å²) in [5.41, 5.74) is 6.39. The zero-order chi connectivity index (χ0) is 15.5. The van der Waals surface area contributed by atoms with Crippen molar-refractivity contribution in [3.63, 3.8) is 0 Å². The third-order valence-electron chi connectivity index (χ3n) is 3.54. The molecule has 1 amide bonds. The molecule has 5 heteroatoms. The van der Waals surface area contributed by atoms with Crippen molar-refractivity contribution in [2.24, 2.45) is 5.73 Å². The van der Waals surface area contributed by atoms with E-state index in [-0.39, 0.29) is 12.1 Å². The molecule has 116 valence electrons. The fourth-order valence-electron chi connectivity index (χ4n) is 2.50. The van der Waals surface area contributed by atoms with E-state index in [1.165, 1.54) is 0 Å². The summed E-state index contributed by atoms with van der Waals surface area (Å²) in [5.74, 6) is 0. The van der Waals surface area contributed by atoms with E-state index < -0.39 is 5.60 Å². The van der Waals surface area contributed by atoms with E-state index in [2.05, 4.69) is 4.90 Å². The third-order valence-corrected chi connectivity index (χ3v) is 3.54. The molecule has 1 aliphatic rings. The van der Waals surface area contributed by atoms with Crippen molar-refractivity contribution in [1.29, 1.82) is 0 Å². The molecule has 1 fully saturated rings. The summed E-state index contributed by atoms with van der Waals surface area (Å²) >= 11 is 0. The van der Waals surface area contributed by atoms with Gasteiger partial charge in [0.25, 0.3) is 0 Å². The van der Waals surface area contributed by atoms with Gasteiger partial charge in [-0.15, -0.1) is 0 Å². The fourth-order valence-corrected chi connectivity index (χ4v) is 2.50. The molecule has 21 heavy (non-hydrogen) atoms. The van der Waals surface area contributed by atoms with Crippen molar-refractivity contribution in [3.05, 3.63) is 35.9 Å². The van der Waals surface area contributed by atoms with Gasteiger partial charge in [-0.05, 0) is 26.3 Å². The molecule has 1 heterocycles. The normalized spacial score (nSPS) is 20.4. The van der Waals surface area contributed by atoms with Gasteiger partial charge in [-0.2, -0.15) is 0 Å². The molecule has 1 aliphatic heterocycles. The molecule has 0 bridgehead atoms. The lowest BCUT2D eigenvalue weighted by atomic mass is 10.0. The van der Waals surface area contributed by atoms with E-state index in [9.17, 15) is 4.79 Å². The van der Waals surface area contributed by atoms with Crippen LogP contribution in [0.1, 0.15) is 32.4 Å². The molecular weight excluding hydrogens is 266 g/mol. The number of carbonyl (C=O) groups is 1. The molecule has 2 N–H and O–H groups in total. The minimum Gasteiger partial charge on any atom is -0.444 e. The Labute approximate surface area is 126 Å². The highest BCUT2D eigenvalue weighted by Crippen LogP contribution is 2.26. The number of benzene rings is 1. The van der Waals surface area contributed by atoms with Gasteiger partial charge in [-0.1, -0.05) is 30.3 Å². The Kier molecular flexibility index (Phi) is 4.85. The van der Waals surface area contributed by atoms with Crippen LogP contribution in [0, 0.1) is 0 Å². The topological polar surface area (TPSA) is 58.8 Å². The van der Waals surface area contributed by atoms with Crippen LogP contribution in [0.15, 0.2) is 30.3 Å². The standard InChI is InChI=1S/C16H25N3O2/c1-16(2,3)21-15(20)19-10-9-18(12-17)11-14(19)13-7-5-4-6-8-13/h4-8,14H,9-12,17H2,1-3H3. The van der Waals surface area contributed by atoms with Crippen LogP contribution in [0.25, 0.3) is 0 Å². The van der Waals surface area contributed by atoms with Gasteiger partial charge in [0.2, 0.25) is 0 Å². The fraction of sp³-hybridized carbons (Fsp3) is 0.562. The van der Waals surface area contributed by atoms with Gasteiger partial charge in [0.05, 0.1) is 6.04 Å². The average molecular weight is 291 g/mol. The van der Waals surface area contributed by atoms with E-state index in [4.69, 9.17) is 10.5 Å². The SMILES string of the molecule is CC(C)(C)OC(=O)N1CCN(CN)CC1c1ccccc1. The van der Waals surface area contributed by atoms with E-state index in [1.54, 1.807) is 0 Å². The number of nitrogens with zero attached hydrogens (tertiary/aromatic N) is 2. The summed E-state index contributed by atoms with van der Waals surface area (Å²) in [6, 6.07) is 10.0. The average Bonchev–Trinajstić information content (AvgIpc) is 2.45. The summed E-state index contributed by atoms with van der Waals surface area (Å²) in [6.07, 6.45) is -0.256. The summed E-state index contributed by atoms with van der Waals surface area (Å²) in [4.78, 5) is 16.4. The lowest BCUT2D eigenvalue weighted by Gasteiger charge is -2.41. The first-order valence-corrected chi connectivity index (χ1v) is 7.37. The summed E-state index contributed by atoms with van der Waals surface area (Å²) < 4.78 is 5.54. The van der Waals surface area contributed by atoms with Crippen LogP contribution in [0.4, 0.5) is 4.79 Å². The minimum atomic E-state index is -0.483. The second-order valence-electron chi connectivity index (χ2n) is 6.36. The van der Waals surface area contributed by atoms with Crippen molar-refractivity contribution >= 4 is 6.09 Å². The molecule has 5 nitrogen and oxygen atoms in total. The zero-order valence-corrected chi connectivity index (χ0v) is 13.1. The maximum Gasteiger partial charge on any atom is 0.410 e. The molecule has 1 atom stereocenters. The Bertz CT molecular complexity index is 470. The third kappa shape index (κ3) is 4.19. The predicted octanol–water partition coefficient (Wildman–Crippen LogP) is 2.20. The maximum absolute atomic E-state index is 12.4. The van der Waals surface area contributed by atoms with E-state index in [0.29, 0.717) is 13.2 Å². The molecular formula is C16H25N3O2. The van der Waals surface area contributed by atoms with Gasteiger partial charge in [0.1, 0.15) is 5.60 Å². The van der Waals surface area contributed by atoms with Crippen LogP contribution in [0.5, 0.6) is 0 Å². The lowest BCUT2D eigenvalue weighted by molar-refractivity contribution is -0.00167. The lowest BCUT2D eigenvalue weighted by Crippen LogP contribution is -2.52. The Morgan fingerprint density at radius 3 is 2.52 bits per heavy atom. The van der Waals surface area contributed by atoms with Gasteiger partial charge in [0.15, 0.2) is 0 Å². The smallest absolute Gasteiger partial charge is 0.410 e. The first kappa shape index (κ1) is 15.8. The van der Waals surface area contributed by atoms with Crippen LogP contribution in [0.2, 0.25) is 0 Å². The van der Waals surface area contributed by atoms with Crippen molar-refractivity contribution in [3.8, 4) is 0 Å². The first-order valence-electron chi connectivity index (χ1n) is 7.37. The molecule has 1 saturated heterocycles. The molecule has 0 spiro atoms. The number of carbonyl (C=O) groups excluding carboxylic acids is 1. The van der Waals surface area contributed by atoms with Crippen LogP contribution in [-0.2, 0) is 4.74 Å². The minimum absolute atomic E-state index is 0.0154. The zero-order valence-electron chi connectivity index (χ0n) is 13.1. The Balaban J connectivity index is 2.19. The van der Waals surface area contributed by atoms with Gasteiger partial charge in [-0.3, -0.25) is 9.80 Å². The van der Waals surface area contributed by atoms with Crippen molar-refractivity contribution in [2.45, 2.75) is 32.4 Å². The number of hydrogen-bond acceptors (Lipinski definition) is 4. The molecule has 0 saturated carbocycles. The Morgan fingerprint density at radius 2 is 1.95 bits per heavy atom. The molecule has 1 unspecified atom stereocenters. The number of piperazine rings is 1. The van der Waals surface area contributed by atoms with E-state index in [1.807, 2.05) is 56.0 Å². The van der Waals surface area contributed by atoms with Gasteiger partial charge < -0.3 is 10.5 Å². The Hall–Kier alpha value is -1.59.